The minimum atomic E-state index is -4.74. The predicted molar refractivity (Wildman–Crippen MR) is 93.5 cm³/mol. The third-order valence-electron chi connectivity index (χ3n) is 5.08. The molecule has 150 valence electrons. The van der Waals surface area contributed by atoms with Crippen molar-refractivity contribution in [2.45, 2.75) is 24.4 Å². The van der Waals surface area contributed by atoms with Crippen LogP contribution in [0.15, 0.2) is 48.5 Å². The first-order valence-electron chi connectivity index (χ1n) is 8.66. The average Bonchev–Trinajstić information content (AvgIpc) is 3.29. The molecule has 0 radical (unpaired) electrons. The second-order valence-corrected chi connectivity index (χ2v) is 6.91. The zero-order chi connectivity index (χ0) is 21.0. The van der Waals surface area contributed by atoms with E-state index in [-0.39, 0.29) is 35.3 Å². The number of amides is 1. The van der Waals surface area contributed by atoms with Gasteiger partial charge in [0.25, 0.3) is 0 Å². The Labute approximate surface area is 161 Å². The van der Waals surface area contributed by atoms with Crippen LogP contribution in [0.3, 0.4) is 0 Å². The predicted octanol–water partition coefficient (Wildman–Crippen LogP) is 4.35. The molecule has 2 N–H and O–H groups in total. The number of alkyl halides is 3. The maximum Gasteiger partial charge on any atom is 0.435 e. The van der Waals surface area contributed by atoms with Crippen LogP contribution in [-0.2, 0) is 11.6 Å². The molecule has 1 fully saturated rings. The molecule has 4 rings (SSSR count). The van der Waals surface area contributed by atoms with Gasteiger partial charge in [0, 0.05) is 16.5 Å². The van der Waals surface area contributed by atoms with Crippen LogP contribution in [0.2, 0.25) is 0 Å². The summed E-state index contributed by atoms with van der Waals surface area (Å²) in [6.45, 7) is 0. The standard InChI is InChI=1S/C20H14F5N3O/c21-13-2-1-3-14(22)17(13)19(8-9-19)16-10-15(20(23,24)25)27-28(16)12-6-4-11(5-7-12)18(26)29/h1-7,10H,8-9H2,(H2,26,29). The molecule has 0 unspecified atom stereocenters. The van der Waals surface area contributed by atoms with Crippen molar-refractivity contribution in [3.05, 3.63) is 82.7 Å². The van der Waals surface area contributed by atoms with Crippen molar-refractivity contribution in [3.63, 3.8) is 0 Å². The van der Waals surface area contributed by atoms with E-state index in [1.54, 1.807) is 0 Å². The molecule has 1 saturated carbocycles. The van der Waals surface area contributed by atoms with Crippen molar-refractivity contribution in [2.75, 3.05) is 0 Å². The molecule has 1 aromatic heterocycles. The van der Waals surface area contributed by atoms with Gasteiger partial charge in [-0.25, -0.2) is 13.5 Å². The SMILES string of the molecule is NC(=O)c1ccc(-n2nc(C(F)(F)F)cc2C2(c3c(F)cccc3F)CC2)cc1. The molecule has 0 aliphatic heterocycles. The zero-order valence-electron chi connectivity index (χ0n) is 14.8. The Morgan fingerprint density at radius 1 is 1.03 bits per heavy atom. The van der Waals surface area contributed by atoms with Gasteiger partial charge in [-0.2, -0.15) is 18.3 Å². The highest BCUT2D eigenvalue weighted by molar-refractivity contribution is 5.92. The van der Waals surface area contributed by atoms with Crippen LogP contribution in [0.4, 0.5) is 22.0 Å². The number of halogens is 5. The first-order valence-corrected chi connectivity index (χ1v) is 8.66. The van der Waals surface area contributed by atoms with Crippen LogP contribution in [0.25, 0.3) is 5.69 Å². The molecular formula is C20H14F5N3O. The molecule has 9 heteroatoms. The van der Waals surface area contributed by atoms with Crippen LogP contribution < -0.4 is 5.73 Å². The lowest BCUT2D eigenvalue weighted by Crippen LogP contribution is -2.18. The maximum atomic E-state index is 14.4. The van der Waals surface area contributed by atoms with Gasteiger partial charge in [-0.05, 0) is 55.3 Å². The molecule has 29 heavy (non-hydrogen) atoms. The lowest BCUT2D eigenvalue weighted by molar-refractivity contribution is -0.141. The molecule has 2 aromatic carbocycles. The van der Waals surface area contributed by atoms with Crippen LogP contribution in [0.5, 0.6) is 0 Å². The first-order chi connectivity index (χ1) is 13.6. The minimum absolute atomic E-state index is 0.0284. The number of nitrogens with zero attached hydrogens (tertiary/aromatic N) is 2. The molecule has 1 heterocycles. The number of carbonyl (C=O) groups excluding carboxylic acids is 1. The van der Waals surface area contributed by atoms with E-state index in [0.29, 0.717) is 0 Å². The van der Waals surface area contributed by atoms with Gasteiger partial charge in [0.1, 0.15) is 11.6 Å². The van der Waals surface area contributed by atoms with Gasteiger partial charge in [-0.15, -0.1) is 0 Å². The van der Waals surface area contributed by atoms with E-state index in [0.717, 1.165) is 22.9 Å². The number of nitrogens with two attached hydrogens (primary N) is 1. The number of hydrogen-bond acceptors (Lipinski definition) is 2. The summed E-state index contributed by atoms with van der Waals surface area (Å²) in [6, 6.07) is 9.62. The number of primary amides is 1. The molecule has 1 aliphatic rings. The van der Waals surface area contributed by atoms with E-state index in [1.165, 1.54) is 30.3 Å². The third-order valence-corrected chi connectivity index (χ3v) is 5.08. The van der Waals surface area contributed by atoms with Crippen molar-refractivity contribution in [2.24, 2.45) is 5.73 Å². The Morgan fingerprint density at radius 3 is 2.10 bits per heavy atom. The normalized spacial score (nSPS) is 15.3. The number of rotatable bonds is 4. The van der Waals surface area contributed by atoms with Gasteiger partial charge in [0.2, 0.25) is 5.91 Å². The van der Waals surface area contributed by atoms with Crippen LogP contribution >= 0.6 is 0 Å². The van der Waals surface area contributed by atoms with Gasteiger partial charge < -0.3 is 5.73 Å². The van der Waals surface area contributed by atoms with Crippen LogP contribution in [0.1, 0.15) is 40.2 Å². The molecular weight excluding hydrogens is 393 g/mol. The topological polar surface area (TPSA) is 60.9 Å². The number of aromatic nitrogens is 2. The molecule has 4 nitrogen and oxygen atoms in total. The van der Waals surface area contributed by atoms with E-state index in [1.807, 2.05) is 0 Å². The van der Waals surface area contributed by atoms with Gasteiger partial charge in [-0.1, -0.05) is 6.07 Å². The average molecular weight is 407 g/mol. The van der Waals surface area contributed by atoms with E-state index < -0.39 is 34.8 Å². The first kappa shape index (κ1) is 19.1. The Bertz CT molecular complexity index is 1080. The summed E-state index contributed by atoms with van der Waals surface area (Å²) in [4.78, 5) is 11.2. The number of benzene rings is 2. The molecule has 1 aliphatic carbocycles. The van der Waals surface area contributed by atoms with Crippen molar-refractivity contribution >= 4 is 5.91 Å². The van der Waals surface area contributed by atoms with E-state index in [2.05, 4.69) is 5.10 Å². The highest BCUT2D eigenvalue weighted by Gasteiger charge is 2.53. The summed E-state index contributed by atoms with van der Waals surface area (Å²) in [5.74, 6) is -2.35. The van der Waals surface area contributed by atoms with Gasteiger partial charge in [0.15, 0.2) is 5.69 Å². The zero-order valence-corrected chi connectivity index (χ0v) is 14.8. The molecule has 0 atom stereocenters. The molecule has 0 spiro atoms. The minimum Gasteiger partial charge on any atom is -0.366 e. The fourth-order valence-corrected chi connectivity index (χ4v) is 3.54. The van der Waals surface area contributed by atoms with E-state index in [9.17, 15) is 26.7 Å². The number of carbonyl (C=O) groups is 1. The lowest BCUT2D eigenvalue weighted by atomic mass is 9.90. The van der Waals surface area contributed by atoms with E-state index in [4.69, 9.17) is 5.73 Å². The smallest absolute Gasteiger partial charge is 0.366 e. The quantitative estimate of drug-likeness (QED) is 0.654. The Balaban J connectivity index is 1.92. The van der Waals surface area contributed by atoms with Crippen LogP contribution in [0, 0.1) is 11.6 Å². The Hall–Kier alpha value is -3.23. The monoisotopic (exact) mass is 407 g/mol. The van der Waals surface area contributed by atoms with Crippen LogP contribution in [-0.4, -0.2) is 15.7 Å². The summed E-state index contributed by atoms with van der Waals surface area (Å²) in [5.41, 5.74) is 2.89. The highest BCUT2D eigenvalue weighted by atomic mass is 19.4. The second-order valence-electron chi connectivity index (χ2n) is 6.91. The summed E-state index contributed by atoms with van der Waals surface area (Å²) >= 11 is 0. The maximum absolute atomic E-state index is 14.4. The molecule has 1 amide bonds. The summed E-state index contributed by atoms with van der Waals surface area (Å²) in [6.07, 6.45) is -4.20. The van der Waals surface area contributed by atoms with E-state index >= 15 is 0 Å². The fraction of sp³-hybridized carbons (Fsp3) is 0.200. The van der Waals surface area contributed by atoms with Gasteiger partial charge >= 0.3 is 6.18 Å². The highest BCUT2D eigenvalue weighted by Crippen LogP contribution is 2.55. The molecule has 3 aromatic rings. The third kappa shape index (κ3) is 3.16. The Morgan fingerprint density at radius 2 is 1.62 bits per heavy atom. The second kappa shape index (κ2) is 6.40. The summed E-state index contributed by atoms with van der Waals surface area (Å²) < 4.78 is 70.0. The van der Waals surface area contributed by atoms with Crippen molar-refractivity contribution in [1.29, 1.82) is 0 Å². The fourth-order valence-electron chi connectivity index (χ4n) is 3.54. The lowest BCUT2D eigenvalue weighted by Gasteiger charge is -2.19. The summed E-state index contributed by atoms with van der Waals surface area (Å²) in [5, 5.41) is 3.65. The number of hydrogen-bond donors (Lipinski definition) is 1. The summed E-state index contributed by atoms with van der Waals surface area (Å²) in [7, 11) is 0. The van der Waals surface area contributed by atoms with Gasteiger partial charge in [-0.3, -0.25) is 4.79 Å². The van der Waals surface area contributed by atoms with Gasteiger partial charge in [0.05, 0.1) is 11.4 Å². The largest absolute Gasteiger partial charge is 0.435 e. The van der Waals surface area contributed by atoms with Crippen molar-refractivity contribution < 1.29 is 26.7 Å². The van der Waals surface area contributed by atoms with Crippen molar-refractivity contribution in [1.82, 2.24) is 9.78 Å². The van der Waals surface area contributed by atoms with Crippen molar-refractivity contribution in [3.8, 4) is 5.69 Å². The Kier molecular flexibility index (Phi) is 4.21. The molecule has 0 bridgehead atoms. The molecule has 0 saturated heterocycles.